The second-order valence-corrected chi connectivity index (χ2v) is 4.48. The van der Waals surface area contributed by atoms with Crippen LogP contribution in [-0.2, 0) is 0 Å². The van der Waals surface area contributed by atoms with Crippen molar-refractivity contribution in [3.05, 3.63) is 54.6 Å². The van der Waals surface area contributed by atoms with E-state index in [1.807, 2.05) is 42.5 Å². The number of para-hydroxylation sites is 1. The molecule has 1 aromatic heterocycles. The number of hydrogen-bond donors (Lipinski definition) is 3. The molecule has 3 aromatic rings. The zero-order valence-electron chi connectivity index (χ0n) is 11.6. The Bertz CT molecular complexity index is 777. The number of nitrogens with zero attached hydrogens (tertiary/aromatic N) is 3. The fraction of sp³-hybridized carbons (Fsp3) is 0. The predicted octanol–water partition coefficient (Wildman–Crippen LogP) is 3.78. The molecule has 0 spiro atoms. The van der Waals surface area contributed by atoms with Crippen molar-refractivity contribution in [1.29, 1.82) is 0 Å². The fourth-order valence-corrected chi connectivity index (χ4v) is 1.81. The number of benzene rings is 2. The Kier molecular flexibility index (Phi) is 3.69. The van der Waals surface area contributed by atoms with Crippen molar-refractivity contribution in [2.45, 2.75) is 0 Å². The number of nitrogens with one attached hydrogen (secondary N) is 1. The highest BCUT2D eigenvalue weighted by Gasteiger charge is 2.06. The van der Waals surface area contributed by atoms with Gasteiger partial charge in [-0.25, -0.2) is 0 Å². The number of azo groups is 1. The summed E-state index contributed by atoms with van der Waals surface area (Å²) in [4.78, 5) is 0. The number of aromatic amines is 1. The minimum absolute atomic E-state index is 0.206. The van der Waals surface area contributed by atoms with Crippen molar-refractivity contribution < 1.29 is 4.74 Å². The van der Waals surface area contributed by atoms with Gasteiger partial charge in [-0.1, -0.05) is 24.3 Å². The van der Waals surface area contributed by atoms with E-state index in [4.69, 9.17) is 16.2 Å². The number of nitrogens with two attached hydrogens (primary N) is 2. The molecule has 0 bridgehead atoms. The quantitative estimate of drug-likeness (QED) is 0.635. The second kappa shape index (κ2) is 5.96. The van der Waals surface area contributed by atoms with Gasteiger partial charge in [0.15, 0.2) is 11.5 Å². The summed E-state index contributed by atoms with van der Waals surface area (Å²) in [6.45, 7) is 0. The van der Waals surface area contributed by atoms with Gasteiger partial charge in [0.2, 0.25) is 0 Å². The molecule has 0 aliphatic carbocycles. The van der Waals surface area contributed by atoms with Crippen LogP contribution in [0.5, 0.6) is 11.5 Å². The molecule has 0 saturated heterocycles. The van der Waals surface area contributed by atoms with E-state index in [0.29, 0.717) is 17.1 Å². The second-order valence-electron chi connectivity index (χ2n) is 4.48. The zero-order chi connectivity index (χ0) is 15.4. The topological polar surface area (TPSA) is 115 Å². The highest BCUT2D eigenvalue weighted by atomic mass is 16.5. The van der Waals surface area contributed by atoms with Gasteiger partial charge in [-0.2, -0.15) is 10.2 Å². The van der Waals surface area contributed by atoms with Crippen LogP contribution in [0.3, 0.4) is 0 Å². The molecule has 110 valence electrons. The van der Waals surface area contributed by atoms with Crippen molar-refractivity contribution in [2.75, 3.05) is 11.5 Å². The van der Waals surface area contributed by atoms with Gasteiger partial charge >= 0.3 is 0 Å². The molecule has 0 atom stereocenters. The zero-order valence-corrected chi connectivity index (χ0v) is 11.6. The highest BCUT2D eigenvalue weighted by molar-refractivity contribution is 5.70. The molecule has 0 aliphatic heterocycles. The summed E-state index contributed by atoms with van der Waals surface area (Å²) in [5.41, 5.74) is 12.2. The SMILES string of the molecule is Nc1n[nH]c(N)c1N=Nc1cccc(Oc2ccccc2)c1. The van der Waals surface area contributed by atoms with Crippen LogP contribution in [0, 0.1) is 0 Å². The molecule has 22 heavy (non-hydrogen) atoms. The van der Waals surface area contributed by atoms with Crippen LogP contribution in [0.1, 0.15) is 0 Å². The molecule has 7 heteroatoms. The molecule has 7 nitrogen and oxygen atoms in total. The lowest BCUT2D eigenvalue weighted by atomic mass is 10.3. The maximum absolute atomic E-state index is 5.73. The summed E-state index contributed by atoms with van der Waals surface area (Å²) in [6.07, 6.45) is 0. The van der Waals surface area contributed by atoms with E-state index in [1.165, 1.54) is 0 Å². The molecule has 5 N–H and O–H groups in total. The lowest BCUT2D eigenvalue weighted by Crippen LogP contribution is -1.84. The lowest BCUT2D eigenvalue weighted by Gasteiger charge is -2.05. The first-order valence-electron chi connectivity index (χ1n) is 6.56. The van der Waals surface area contributed by atoms with Gasteiger partial charge in [-0.3, -0.25) is 5.10 Å². The number of nitrogen functional groups attached to an aromatic ring is 2. The number of anilines is 2. The summed E-state index contributed by atoms with van der Waals surface area (Å²) in [7, 11) is 0. The summed E-state index contributed by atoms with van der Waals surface area (Å²) in [5, 5.41) is 14.4. The van der Waals surface area contributed by atoms with Gasteiger partial charge in [-0.05, 0) is 24.3 Å². The van der Waals surface area contributed by atoms with Crippen molar-refractivity contribution in [2.24, 2.45) is 10.2 Å². The first-order valence-corrected chi connectivity index (χ1v) is 6.56. The molecule has 0 saturated carbocycles. The number of aromatic nitrogens is 2. The van der Waals surface area contributed by atoms with E-state index in [-0.39, 0.29) is 11.6 Å². The Labute approximate surface area is 126 Å². The summed E-state index contributed by atoms with van der Waals surface area (Å²) < 4.78 is 5.73. The largest absolute Gasteiger partial charge is 0.457 e. The molecular weight excluding hydrogens is 280 g/mol. The molecule has 0 unspecified atom stereocenters. The molecule has 0 radical (unpaired) electrons. The standard InChI is InChI=1S/C15H14N6O/c16-14-13(15(17)21-20-14)19-18-10-5-4-8-12(9-10)22-11-6-2-1-3-7-11/h1-9H,(H5,16,17,20,21). The average molecular weight is 294 g/mol. The van der Waals surface area contributed by atoms with Gasteiger partial charge in [0.25, 0.3) is 0 Å². The van der Waals surface area contributed by atoms with E-state index < -0.39 is 0 Å². The normalized spacial score (nSPS) is 10.9. The van der Waals surface area contributed by atoms with Crippen LogP contribution < -0.4 is 16.2 Å². The first-order chi connectivity index (χ1) is 10.7. The van der Waals surface area contributed by atoms with E-state index in [9.17, 15) is 0 Å². The number of ether oxygens (including phenoxy) is 1. The minimum Gasteiger partial charge on any atom is -0.457 e. The van der Waals surface area contributed by atoms with Gasteiger partial charge in [0, 0.05) is 6.07 Å². The molecule has 1 heterocycles. The van der Waals surface area contributed by atoms with Gasteiger partial charge in [0.1, 0.15) is 17.3 Å². The van der Waals surface area contributed by atoms with Crippen LogP contribution in [0.4, 0.5) is 23.0 Å². The average Bonchev–Trinajstić information content (AvgIpc) is 2.85. The fourth-order valence-electron chi connectivity index (χ4n) is 1.81. The third-order valence-electron chi connectivity index (χ3n) is 2.86. The van der Waals surface area contributed by atoms with Gasteiger partial charge < -0.3 is 16.2 Å². The maximum atomic E-state index is 5.73. The van der Waals surface area contributed by atoms with E-state index in [1.54, 1.807) is 12.1 Å². The van der Waals surface area contributed by atoms with E-state index in [2.05, 4.69) is 20.4 Å². The lowest BCUT2D eigenvalue weighted by molar-refractivity contribution is 0.483. The smallest absolute Gasteiger partial charge is 0.175 e. The van der Waals surface area contributed by atoms with Crippen LogP contribution in [-0.4, -0.2) is 10.2 Å². The third kappa shape index (κ3) is 3.04. The van der Waals surface area contributed by atoms with Crippen LogP contribution in [0.2, 0.25) is 0 Å². The molecule has 3 rings (SSSR count). The Morgan fingerprint density at radius 3 is 2.41 bits per heavy atom. The summed E-state index contributed by atoms with van der Waals surface area (Å²) in [6, 6.07) is 16.7. The van der Waals surface area contributed by atoms with Crippen LogP contribution in [0.25, 0.3) is 0 Å². The van der Waals surface area contributed by atoms with E-state index >= 15 is 0 Å². The molecular formula is C15H14N6O. The number of rotatable bonds is 4. The maximum Gasteiger partial charge on any atom is 0.175 e. The predicted molar refractivity (Wildman–Crippen MR) is 84.5 cm³/mol. The van der Waals surface area contributed by atoms with Crippen molar-refractivity contribution in [3.8, 4) is 11.5 Å². The van der Waals surface area contributed by atoms with Gasteiger partial charge in [0.05, 0.1) is 5.69 Å². The molecule has 0 fully saturated rings. The molecule has 0 aliphatic rings. The Balaban J connectivity index is 1.80. The molecule has 0 amide bonds. The van der Waals surface area contributed by atoms with Crippen molar-refractivity contribution in [1.82, 2.24) is 10.2 Å². The van der Waals surface area contributed by atoms with E-state index in [0.717, 1.165) is 5.75 Å². The monoisotopic (exact) mass is 294 g/mol. The Morgan fingerprint density at radius 1 is 0.909 bits per heavy atom. The first kappa shape index (κ1) is 13.6. The summed E-state index contributed by atoms with van der Waals surface area (Å²) >= 11 is 0. The number of hydrogen-bond acceptors (Lipinski definition) is 6. The number of H-pyrrole nitrogens is 1. The Hall–Kier alpha value is -3.35. The van der Waals surface area contributed by atoms with Crippen molar-refractivity contribution >= 4 is 23.0 Å². The molecule has 2 aromatic carbocycles. The minimum atomic E-state index is 0.206. The van der Waals surface area contributed by atoms with Crippen molar-refractivity contribution in [3.63, 3.8) is 0 Å². The van der Waals surface area contributed by atoms with Crippen LogP contribution >= 0.6 is 0 Å². The highest BCUT2D eigenvalue weighted by Crippen LogP contribution is 2.30. The summed E-state index contributed by atoms with van der Waals surface area (Å²) in [5.74, 6) is 1.89. The van der Waals surface area contributed by atoms with Crippen LogP contribution in [0.15, 0.2) is 64.8 Å². The Morgan fingerprint density at radius 2 is 1.68 bits per heavy atom. The third-order valence-corrected chi connectivity index (χ3v) is 2.86. The van der Waals surface area contributed by atoms with Gasteiger partial charge in [-0.15, -0.1) is 5.11 Å².